The van der Waals surface area contributed by atoms with Gasteiger partial charge >= 0.3 is 0 Å². The predicted molar refractivity (Wildman–Crippen MR) is 62.4 cm³/mol. The Morgan fingerprint density at radius 1 is 1.56 bits per heavy atom. The molecule has 0 aliphatic carbocycles. The third kappa shape index (κ3) is 1.94. The van der Waals surface area contributed by atoms with Crippen LogP contribution in [0.3, 0.4) is 0 Å². The standard InChI is InChI=1S/C13H16FNO/c1-2-10-6-7-15(8-10)13-5-3-4-12(14)11(13)9-16/h3-5,9-10H,2,6-8H2,1H3. The summed E-state index contributed by atoms with van der Waals surface area (Å²) in [6.45, 7) is 4.02. The molecule has 1 aromatic rings. The zero-order chi connectivity index (χ0) is 11.5. The number of nitrogens with zero attached hydrogens (tertiary/aromatic N) is 1. The number of carbonyl (C=O) groups excluding carboxylic acids is 1. The molecule has 1 aliphatic rings. The third-order valence-corrected chi connectivity index (χ3v) is 3.35. The summed E-state index contributed by atoms with van der Waals surface area (Å²) in [7, 11) is 0. The molecule has 0 spiro atoms. The van der Waals surface area contributed by atoms with E-state index in [4.69, 9.17) is 0 Å². The maximum Gasteiger partial charge on any atom is 0.155 e. The highest BCUT2D eigenvalue weighted by Gasteiger charge is 2.23. The maximum absolute atomic E-state index is 13.4. The molecular formula is C13H16FNO. The molecule has 0 aromatic heterocycles. The number of benzene rings is 1. The van der Waals surface area contributed by atoms with Crippen LogP contribution in [-0.2, 0) is 0 Å². The average Bonchev–Trinajstić information content (AvgIpc) is 2.77. The molecule has 1 aliphatic heterocycles. The summed E-state index contributed by atoms with van der Waals surface area (Å²) in [5.74, 6) is 0.246. The van der Waals surface area contributed by atoms with Crippen molar-refractivity contribution < 1.29 is 9.18 Å². The van der Waals surface area contributed by atoms with Crippen LogP contribution in [0.25, 0.3) is 0 Å². The first-order valence-corrected chi connectivity index (χ1v) is 5.75. The number of aldehydes is 1. The second-order valence-electron chi connectivity index (χ2n) is 4.30. The molecular weight excluding hydrogens is 205 g/mol. The van der Waals surface area contributed by atoms with E-state index in [9.17, 15) is 9.18 Å². The quantitative estimate of drug-likeness (QED) is 0.731. The van der Waals surface area contributed by atoms with E-state index in [0.717, 1.165) is 31.6 Å². The predicted octanol–water partition coefficient (Wildman–Crippen LogP) is 2.87. The van der Waals surface area contributed by atoms with Crippen molar-refractivity contribution >= 4 is 12.0 Å². The van der Waals surface area contributed by atoms with Gasteiger partial charge in [-0.3, -0.25) is 4.79 Å². The van der Waals surface area contributed by atoms with Crippen molar-refractivity contribution in [3.8, 4) is 0 Å². The van der Waals surface area contributed by atoms with E-state index in [1.807, 2.05) is 6.07 Å². The van der Waals surface area contributed by atoms with Gasteiger partial charge in [0.15, 0.2) is 6.29 Å². The molecule has 0 amide bonds. The molecule has 2 rings (SSSR count). The fourth-order valence-corrected chi connectivity index (χ4v) is 2.30. The zero-order valence-corrected chi connectivity index (χ0v) is 9.45. The normalized spacial score (nSPS) is 20.1. The van der Waals surface area contributed by atoms with Crippen molar-refractivity contribution in [1.29, 1.82) is 0 Å². The number of carbonyl (C=O) groups is 1. The van der Waals surface area contributed by atoms with Gasteiger partial charge in [-0.25, -0.2) is 4.39 Å². The van der Waals surface area contributed by atoms with Gasteiger partial charge in [0, 0.05) is 13.1 Å². The van der Waals surface area contributed by atoms with Gasteiger partial charge in [-0.15, -0.1) is 0 Å². The molecule has 1 unspecified atom stereocenters. The minimum atomic E-state index is -0.424. The Hall–Kier alpha value is -1.38. The first-order chi connectivity index (χ1) is 7.76. The van der Waals surface area contributed by atoms with E-state index in [1.165, 1.54) is 6.07 Å². The van der Waals surface area contributed by atoms with Crippen LogP contribution < -0.4 is 4.90 Å². The van der Waals surface area contributed by atoms with Crippen molar-refractivity contribution in [1.82, 2.24) is 0 Å². The second-order valence-corrected chi connectivity index (χ2v) is 4.30. The van der Waals surface area contributed by atoms with Crippen LogP contribution in [0.5, 0.6) is 0 Å². The van der Waals surface area contributed by atoms with E-state index in [-0.39, 0.29) is 5.56 Å². The summed E-state index contributed by atoms with van der Waals surface area (Å²) in [4.78, 5) is 13.0. The first kappa shape index (κ1) is 11.1. The van der Waals surface area contributed by atoms with E-state index >= 15 is 0 Å². The summed E-state index contributed by atoms with van der Waals surface area (Å²) < 4.78 is 13.4. The van der Waals surface area contributed by atoms with Crippen molar-refractivity contribution in [3.05, 3.63) is 29.6 Å². The monoisotopic (exact) mass is 221 g/mol. The summed E-state index contributed by atoms with van der Waals surface area (Å²) in [5, 5.41) is 0. The molecule has 0 N–H and O–H groups in total. The van der Waals surface area contributed by atoms with Crippen LogP contribution in [0.1, 0.15) is 30.1 Å². The van der Waals surface area contributed by atoms with Crippen LogP contribution in [0.4, 0.5) is 10.1 Å². The van der Waals surface area contributed by atoms with Crippen LogP contribution in [0.15, 0.2) is 18.2 Å². The lowest BCUT2D eigenvalue weighted by molar-refractivity contribution is 0.112. The SMILES string of the molecule is CCC1CCN(c2cccc(F)c2C=O)C1. The fraction of sp³-hybridized carbons (Fsp3) is 0.462. The van der Waals surface area contributed by atoms with Crippen LogP contribution in [0, 0.1) is 11.7 Å². The molecule has 16 heavy (non-hydrogen) atoms. The molecule has 0 saturated carbocycles. The lowest BCUT2D eigenvalue weighted by atomic mass is 10.1. The lowest BCUT2D eigenvalue weighted by Gasteiger charge is -2.20. The van der Waals surface area contributed by atoms with Gasteiger partial charge in [0.25, 0.3) is 0 Å². The Morgan fingerprint density at radius 2 is 2.38 bits per heavy atom. The smallest absolute Gasteiger partial charge is 0.155 e. The highest BCUT2D eigenvalue weighted by molar-refractivity contribution is 5.85. The number of hydrogen-bond donors (Lipinski definition) is 0. The summed E-state index contributed by atoms with van der Waals surface area (Å²) in [6, 6.07) is 4.82. The fourth-order valence-electron chi connectivity index (χ4n) is 2.30. The summed E-state index contributed by atoms with van der Waals surface area (Å²) >= 11 is 0. The van der Waals surface area contributed by atoms with Crippen molar-refractivity contribution in [2.24, 2.45) is 5.92 Å². The number of anilines is 1. The topological polar surface area (TPSA) is 20.3 Å². The molecule has 1 aromatic carbocycles. The Balaban J connectivity index is 2.27. The van der Waals surface area contributed by atoms with E-state index in [0.29, 0.717) is 12.2 Å². The van der Waals surface area contributed by atoms with E-state index in [2.05, 4.69) is 11.8 Å². The lowest BCUT2D eigenvalue weighted by Crippen LogP contribution is -2.21. The van der Waals surface area contributed by atoms with E-state index < -0.39 is 5.82 Å². The van der Waals surface area contributed by atoms with Crippen LogP contribution in [-0.4, -0.2) is 19.4 Å². The van der Waals surface area contributed by atoms with E-state index in [1.54, 1.807) is 6.07 Å². The largest absolute Gasteiger partial charge is 0.371 e. The van der Waals surface area contributed by atoms with Crippen molar-refractivity contribution in [2.45, 2.75) is 19.8 Å². The molecule has 3 heteroatoms. The maximum atomic E-state index is 13.4. The summed E-state index contributed by atoms with van der Waals surface area (Å²) in [5.41, 5.74) is 0.935. The molecule has 0 bridgehead atoms. The molecule has 0 radical (unpaired) electrons. The van der Waals surface area contributed by atoms with Gasteiger partial charge in [0.1, 0.15) is 5.82 Å². The molecule has 1 fully saturated rings. The number of halogens is 1. The van der Waals surface area contributed by atoms with Crippen LogP contribution >= 0.6 is 0 Å². The molecule has 86 valence electrons. The summed E-state index contributed by atoms with van der Waals surface area (Å²) in [6.07, 6.45) is 2.89. The van der Waals surface area contributed by atoms with Gasteiger partial charge in [-0.1, -0.05) is 19.4 Å². The Morgan fingerprint density at radius 3 is 3.00 bits per heavy atom. The minimum absolute atomic E-state index is 0.194. The number of rotatable bonds is 3. The minimum Gasteiger partial charge on any atom is -0.371 e. The molecule has 1 heterocycles. The van der Waals surface area contributed by atoms with Gasteiger partial charge in [0.05, 0.1) is 11.3 Å². The molecule has 1 atom stereocenters. The second kappa shape index (κ2) is 4.64. The van der Waals surface area contributed by atoms with Gasteiger partial charge in [-0.05, 0) is 24.5 Å². The Labute approximate surface area is 95.1 Å². The van der Waals surface area contributed by atoms with Gasteiger partial charge < -0.3 is 4.90 Å². The zero-order valence-electron chi connectivity index (χ0n) is 9.45. The molecule has 2 nitrogen and oxygen atoms in total. The Kier molecular flexibility index (Phi) is 3.22. The number of hydrogen-bond acceptors (Lipinski definition) is 2. The highest BCUT2D eigenvalue weighted by atomic mass is 19.1. The van der Waals surface area contributed by atoms with Gasteiger partial charge in [0.2, 0.25) is 0 Å². The van der Waals surface area contributed by atoms with Crippen LogP contribution in [0.2, 0.25) is 0 Å². The Bertz CT molecular complexity index is 392. The van der Waals surface area contributed by atoms with Gasteiger partial charge in [-0.2, -0.15) is 0 Å². The first-order valence-electron chi connectivity index (χ1n) is 5.75. The van der Waals surface area contributed by atoms with Crippen molar-refractivity contribution in [3.63, 3.8) is 0 Å². The highest BCUT2D eigenvalue weighted by Crippen LogP contribution is 2.28. The van der Waals surface area contributed by atoms with Crippen molar-refractivity contribution in [2.75, 3.05) is 18.0 Å². The molecule has 1 saturated heterocycles. The average molecular weight is 221 g/mol. The third-order valence-electron chi connectivity index (χ3n) is 3.35.